The van der Waals surface area contributed by atoms with E-state index in [2.05, 4.69) is 20.5 Å². The molecule has 0 radical (unpaired) electrons. The first-order valence-electron chi connectivity index (χ1n) is 14.4. The van der Waals surface area contributed by atoms with E-state index < -0.39 is 30.0 Å². The van der Waals surface area contributed by atoms with Crippen molar-refractivity contribution in [2.24, 2.45) is 20.5 Å². The molecule has 0 heterocycles. The maximum Gasteiger partial charge on any atom is 0.295 e. The monoisotopic (exact) mass is 696 g/mol. The van der Waals surface area contributed by atoms with Crippen LogP contribution < -0.4 is 9.47 Å². The van der Waals surface area contributed by atoms with E-state index in [9.17, 15) is 25.9 Å². The van der Waals surface area contributed by atoms with Gasteiger partial charge in [-0.3, -0.25) is 9.11 Å². The Morgan fingerprint density at radius 1 is 0.521 bits per heavy atom. The van der Waals surface area contributed by atoms with Gasteiger partial charge in [-0.1, -0.05) is 24.3 Å². The highest BCUT2D eigenvalue weighted by molar-refractivity contribution is 7.86. The summed E-state index contributed by atoms with van der Waals surface area (Å²) in [6.07, 6.45) is 3.50. The zero-order chi connectivity index (χ0) is 34.6. The molecule has 4 N–H and O–H groups in total. The number of benzene rings is 4. The maximum atomic E-state index is 12.2. The van der Waals surface area contributed by atoms with Crippen molar-refractivity contribution in [3.63, 3.8) is 0 Å². The summed E-state index contributed by atoms with van der Waals surface area (Å²) in [4.78, 5) is -1.02. The van der Waals surface area contributed by atoms with E-state index >= 15 is 0 Å². The second-order valence-corrected chi connectivity index (χ2v) is 12.7. The zero-order valence-electron chi connectivity index (χ0n) is 25.3. The van der Waals surface area contributed by atoms with Crippen LogP contribution in [0.1, 0.15) is 24.0 Å². The van der Waals surface area contributed by atoms with E-state index in [-0.39, 0.29) is 35.7 Å². The fraction of sp³-hybridized carbons (Fsp3) is 0.188. The molecular formula is C32H32N4O10S2. The minimum absolute atomic E-state index is 0.00895. The average Bonchev–Trinajstić information content (AvgIpc) is 3.06. The van der Waals surface area contributed by atoms with Gasteiger partial charge in [0.2, 0.25) is 0 Å². The van der Waals surface area contributed by atoms with Crippen LogP contribution in [-0.4, -0.2) is 62.6 Å². The van der Waals surface area contributed by atoms with Gasteiger partial charge in [-0.05, 0) is 83.9 Å². The topological polar surface area (TPSA) is 217 Å². The first-order chi connectivity index (χ1) is 23.0. The molecular weight excluding hydrogens is 665 g/mol. The van der Waals surface area contributed by atoms with Crippen LogP contribution in [0.4, 0.5) is 22.7 Å². The SMILES string of the molecule is O=S(=O)(O)c1cc(N=Nc2ccc(OCCCO)cc2)ccc1/C=C/c1ccc(N=Nc2ccc(OCCCO)cc2)cc1S(=O)(=O)O. The molecule has 0 bridgehead atoms. The van der Waals surface area contributed by atoms with Crippen molar-refractivity contribution in [2.45, 2.75) is 22.6 Å². The second kappa shape index (κ2) is 16.8. The Kier molecular flexibility index (Phi) is 12.6. The van der Waals surface area contributed by atoms with Gasteiger partial charge in [-0.25, -0.2) is 0 Å². The lowest BCUT2D eigenvalue weighted by Crippen LogP contribution is -2.01. The Labute approximate surface area is 277 Å². The summed E-state index contributed by atoms with van der Waals surface area (Å²) in [5.74, 6) is 1.15. The summed E-state index contributed by atoms with van der Waals surface area (Å²) in [5.41, 5.74) is 1.13. The first kappa shape index (κ1) is 36.0. The number of rotatable bonds is 16. The van der Waals surface area contributed by atoms with E-state index in [0.29, 0.717) is 48.9 Å². The normalized spacial score (nSPS) is 12.3. The Balaban J connectivity index is 1.53. The molecule has 16 heteroatoms. The number of aliphatic hydroxyl groups is 2. The Morgan fingerprint density at radius 3 is 1.19 bits per heavy atom. The largest absolute Gasteiger partial charge is 0.494 e. The Hall–Kier alpha value is -4.84. The van der Waals surface area contributed by atoms with Crippen LogP contribution in [0, 0.1) is 0 Å². The zero-order valence-corrected chi connectivity index (χ0v) is 27.0. The van der Waals surface area contributed by atoms with E-state index in [4.69, 9.17) is 19.7 Å². The molecule has 4 rings (SSSR count). The Morgan fingerprint density at radius 2 is 0.854 bits per heavy atom. The van der Waals surface area contributed by atoms with Gasteiger partial charge < -0.3 is 19.7 Å². The molecule has 0 unspecified atom stereocenters. The van der Waals surface area contributed by atoms with Crippen molar-refractivity contribution in [1.29, 1.82) is 0 Å². The average molecular weight is 697 g/mol. The molecule has 0 amide bonds. The number of ether oxygens (including phenoxy) is 2. The predicted octanol–water partition coefficient (Wildman–Crippen LogP) is 6.70. The third-order valence-electron chi connectivity index (χ3n) is 6.37. The molecule has 4 aromatic carbocycles. The summed E-state index contributed by atoms with van der Waals surface area (Å²) < 4.78 is 79.6. The number of aliphatic hydroxyl groups excluding tert-OH is 2. The fourth-order valence-corrected chi connectivity index (χ4v) is 5.44. The quantitative estimate of drug-likeness (QED) is 0.0420. The molecule has 0 aliphatic heterocycles. The van der Waals surface area contributed by atoms with Crippen molar-refractivity contribution in [2.75, 3.05) is 26.4 Å². The smallest absolute Gasteiger partial charge is 0.295 e. The molecule has 0 spiro atoms. The van der Waals surface area contributed by atoms with Gasteiger partial charge in [0, 0.05) is 26.1 Å². The summed E-state index contributed by atoms with van der Waals surface area (Å²) in [5, 5.41) is 33.9. The van der Waals surface area contributed by atoms with Crippen LogP contribution in [0.25, 0.3) is 12.2 Å². The van der Waals surface area contributed by atoms with Gasteiger partial charge in [0.05, 0.1) is 36.0 Å². The van der Waals surface area contributed by atoms with Gasteiger partial charge in [0.1, 0.15) is 21.3 Å². The van der Waals surface area contributed by atoms with Crippen LogP contribution in [0.15, 0.2) is 115 Å². The predicted molar refractivity (Wildman–Crippen MR) is 177 cm³/mol. The van der Waals surface area contributed by atoms with Crippen LogP contribution in [-0.2, 0) is 20.2 Å². The Bertz CT molecular complexity index is 1850. The van der Waals surface area contributed by atoms with Gasteiger partial charge in [-0.15, -0.1) is 0 Å². The molecule has 4 aromatic rings. The highest BCUT2D eigenvalue weighted by Gasteiger charge is 2.17. The molecule has 48 heavy (non-hydrogen) atoms. The molecule has 14 nitrogen and oxygen atoms in total. The van der Waals surface area contributed by atoms with E-state index in [1.54, 1.807) is 48.5 Å². The van der Waals surface area contributed by atoms with Gasteiger partial charge in [0.15, 0.2) is 0 Å². The summed E-state index contributed by atoms with van der Waals surface area (Å²) >= 11 is 0. The molecule has 0 aromatic heterocycles. The molecule has 0 fully saturated rings. The molecule has 0 aliphatic rings. The molecule has 0 aliphatic carbocycles. The minimum Gasteiger partial charge on any atom is -0.494 e. The van der Waals surface area contributed by atoms with Crippen LogP contribution >= 0.6 is 0 Å². The van der Waals surface area contributed by atoms with Crippen LogP contribution in [0.5, 0.6) is 11.5 Å². The lowest BCUT2D eigenvalue weighted by atomic mass is 10.1. The third-order valence-corrected chi connectivity index (χ3v) is 8.19. The van der Waals surface area contributed by atoms with E-state index in [1.165, 1.54) is 36.4 Å². The van der Waals surface area contributed by atoms with Crippen molar-refractivity contribution >= 4 is 55.1 Å². The van der Waals surface area contributed by atoms with Gasteiger partial charge in [0.25, 0.3) is 20.2 Å². The van der Waals surface area contributed by atoms with E-state index in [1.807, 2.05) is 0 Å². The minimum atomic E-state index is -4.75. The van der Waals surface area contributed by atoms with Gasteiger partial charge >= 0.3 is 0 Å². The number of hydrogen-bond acceptors (Lipinski definition) is 12. The van der Waals surface area contributed by atoms with Gasteiger partial charge in [-0.2, -0.15) is 37.3 Å². The molecule has 0 saturated heterocycles. The maximum absolute atomic E-state index is 12.2. The van der Waals surface area contributed by atoms with Crippen molar-refractivity contribution in [3.8, 4) is 11.5 Å². The van der Waals surface area contributed by atoms with Crippen LogP contribution in [0.2, 0.25) is 0 Å². The van der Waals surface area contributed by atoms with Crippen molar-refractivity contribution in [1.82, 2.24) is 0 Å². The lowest BCUT2D eigenvalue weighted by Gasteiger charge is -2.07. The number of nitrogens with zero attached hydrogens (tertiary/aromatic N) is 4. The highest BCUT2D eigenvalue weighted by atomic mass is 32.2. The third kappa shape index (κ3) is 10.9. The number of hydrogen-bond donors (Lipinski definition) is 4. The van der Waals surface area contributed by atoms with Crippen LogP contribution in [0.3, 0.4) is 0 Å². The lowest BCUT2D eigenvalue weighted by molar-refractivity contribution is 0.233. The standard InChI is InChI=1S/C32H32N4O10S2/c37-17-1-19-45-29-13-9-25(10-14-29)33-35-27-7-5-23(31(21-27)47(39,40)41)3-4-24-6-8-28(22-32(24)48(42,43)44)36-34-26-11-15-30(16-12-26)46-20-2-18-38/h3-16,21-22,37-38H,1-2,17-20H2,(H,39,40,41)(H,42,43,44)/b4-3+,35-33?,36-34?. The molecule has 0 saturated carbocycles. The van der Waals surface area contributed by atoms with E-state index in [0.717, 1.165) is 12.1 Å². The summed E-state index contributed by atoms with van der Waals surface area (Å²) in [6, 6.07) is 21.0. The first-order valence-corrected chi connectivity index (χ1v) is 17.3. The number of azo groups is 2. The molecule has 0 atom stereocenters. The summed E-state index contributed by atoms with van der Waals surface area (Å²) in [6.45, 7) is 0.736. The van der Waals surface area contributed by atoms with Crippen molar-refractivity contribution < 1.29 is 45.6 Å². The highest BCUT2D eigenvalue weighted by Crippen LogP contribution is 2.30. The molecule has 252 valence electrons. The fourth-order valence-electron chi connectivity index (χ4n) is 4.03. The summed E-state index contributed by atoms with van der Waals surface area (Å²) in [7, 11) is -9.50. The van der Waals surface area contributed by atoms with Crippen molar-refractivity contribution in [3.05, 3.63) is 96.1 Å². The second-order valence-electron chi connectivity index (χ2n) is 9.97.